The Bertz CT molecular complexity index is 299. The summed E-state index contributed by atoms with van der Waals surface area (Å²) < 4.78 is 0. The van der Waals surface area contributed by atoms with Crippen molar-refractivity contribution < 1.29 is 9.59 Å². The van der Waals surface area contributed by atoms with Gasteiger partial charge in [0, 0.05) is 11.1 Å². The molecule has 1 aromatic rings. The van der Waals surface area contributed by atoms with Gasteiger partial charge in [0.2, 0.25) is 0 Å². The highest BCUT2D eigenvalue weighted by Crippen LogP contribution is 2.09. The molecule has 3 heteroatoms. The maximum atomic E-state index is 11.0. The summed E-state index contributed by atoms with van der Waals surface area (Å²) in [5.74, 6) is -0.137. The van der Waals surface area contributed by atoms with Crippen LogP contribution in [0.1, 0.15) is 34.6 Å². The van der Waals surface area contributed by atoms with Crippen LogP contribution in [0.5, 0.6) is 0 Å². The van der Waals surface area contributed by atoms with E-state index in [0.717, 1.165) is 0 Å². The van der Waals surface area contributed by atoms with Crippen LogP contribution in [0.3, 0.4) is 0 Å². The smallest absolute Gasteiger partial charge is 0.160 e. The predicted molar refractivity (Wildman–Crippen MR) is 56.6 cm³/mol. The number of ketones is 2. The van der Waals surface area contributed by atoms with Crippen LogP contribution in [0.15, 0.2) is 24.3 Å². The summed E-state index contributed by atoms with van der Waals surface area (Å²) in [4.78, 5) is 22.0. The number of hydrogen-bond acceptors (Lipinski definition) is 3. The van der Waals surface area contributed by atoms with Crippen molar-refractivity contribution in [1.29, 1.82) is 0 Å². The lowest BCUT2D eigenvalue weighted by Gasteiger charge is -2.00. The first kappa shape index (κ1) is 12.5. The van der Waals surface area contributed by atoms with Gasteiger partial charge in [0.1, 0.15) is 0 Å². The van der Waals surface area contributed by atoms with Crippen molar-refractivity contribution in [1.82, 2.24) is 0 Å². The molecule has 0 amide bonds. The predicted octanol–water partition coefficient (Wildman–Crippen LogP) is 1.67. The van der Waals surface area contributed by atoms with E-state index in [1.165, 1.54) is 20.9 Å². The summed E-state index contributed by atoms with van der Waals surface area (Å²) in [6, 6.07) is 6.84. The van der Waals surface area contributed by atoms with Crippen LogP contribution in [0.25, 0.3) is 0 Å². The molecule has 0 unspecified atom stereocenters. The molecule has 0 fully saturated rings. The maximum Gasteiger partial charge on any atom is 0.160 e. The second kappa shape index (κ2) is 6.05. The Morgan fingerprint density at radius 2 is 1.21 bits per heavy atom. The molecule has 3 nitrogen and oxygen atoms in total. The van der Waals surface area contributed by atoms with E-state index >= 15 is 0 Å². The minimum absolute atomic E-state index is 0.0687. The molecule has 1 rings (SSSR count). The van der Waals surface area contributed by atoms with Crippen LogP contribution >= 0.6 is 0 Å². The number of Topliss-reactive ketones (excluding diaryl/α,β-unsaturated/α-hetero) is 2. The number of carbonyl (C=O) groups excluding carboxylic acids is 2. The third kappa shape index (κ3) is 3.11. The third-order valence-corrected chi connectivity index (χ3v) is 1.69. The Balaban J connectivity index is 0.000000791. The molecule has 0 atom stereocenters. The molecule has 0 aliphatic carbocycles. The summed E-state index contributed by atoms with van der Waals surface area (Å²) in [6.07, 6.45) is 0. The molecule has 0 radical (unpaired) electrons. The zero-order valence-electron chi connectivity index (χ0n) is 8.70. The number of nitrogens with two attached hydrogens (primary N) is 1. The van der Waals surface area contributed by atoms with Gasteiger partial charge in [-0.3, -0.25) is 9.59 Å². The van der Waals surface area contributed by atoms with E-state index in [1.807, 2.05) is 0 Å². The van der Waals surface area contributed by atoms with Crippen molar-refractivity contribution in [3.63, 3.8) is 0 Å². The molecule has 1 aromatic carbocycles. The molecule has 0 bridgehead atoms. The van der Waals surface area contributed by atoms with Gasteiger partial charge in [-0.2, -0.15) is 0 Å². The molecule has 0 saturated carbocycles. The van der Waals surface area contributed by atoms with Gasteiger partial charge >= 0.3 is 0 Å². The summed E-state index contributed by atoms with van der Waals surface area (Å²) in [6.45, 7) is 2.92. The lowest BCUT2D eigenvalue weighted by atomic mass is 10.0. The summed E-state index contributed by atoms with van der Waals surface area (Å²) >= 11 is 0. The Hall–Kier alpha value is -1.48. The van der Waals surface area contributed by atoms with E-state index in [0.29, 0.717) is 11.1 Å². The molecule has 2 N–H and O–H groups in total. The molecular formula is C11H15NO2. The SMILES string of the molecule is CC(=O)c1ccccc1C(C)=O.CN. The van der Waals surface area contributed by atoms with Gasteiger partial charge < -0.3 is 5.73 Å². The van der Waals surface area contributed by atoms with E-state index < -0.39 is 0 Å². The number of rotatable bonds is 2. The molecule has 0 saturated heterocycles. The Kier molecular flexibility index (Phi) is 5.41. The average molecular weight is 193 g/mol. The molecule has 76 valence electrons. The number of carbonyl (C=O) groups is 2. The topological polar surface area (TPSA) is 60.2 Å². The summed E-state index contributed by atoms with van der Waals surface area (Å²) in [5.41, 5.74) is 5.51. The van der Waals surface area contributed by atoms with Crippen molar-refractivity contribution in [3.8, 4) is 0 Å². The zero-order valence-corrected chi connectivity index (χ0v) is 8.70. The molecule has 14 heavy (non-hydrogen) atoms. The first-order chi connectivity index (χ1) is 6.63. The van der Waals surface area contributed by atoms with E-state index in [2.05, 4.69) is 5.73 Å². The minimum atomic E-state index is -0.0687. The Labute approximate surface area is 83.9 Å². The largest absolute Gasteiger partial charge is 0.333 e. The lowest BCUT2D eigenvalue weighted by molar-refractivity contribution is 0.0981. The van der Waals surface area contributed by atoms with Crippen molar-refractivity contribution >= 4 is 11.6 Å². The number of benzene rings is 1. The van der Waals surface area contributed by atoms with Crippen LogP contribution < -0.4 is 5.73 Å². The van der Waals surface area contributed by atoms with Crippen molar-refractivity contribution in [2.75, 3.05) is 7.05 Å². The first-order valence-corrected chi connectivity index (χ1v) is 4.31. The van der Waals surface area contributed by atoms with Crippen LogP contribution in [0, 0.1) is 0 Å². The first-order valence-electron chi connectivity index (χ1n) is 4.31. The standard InChI is InChI=1S/C10H10O2.CH5N/c1-7(11)9-5-3-4-6-10(9)8(2)12;1-2/h3-6H,1-2H3;2H2,1H3. The highest BCUT2D eigenvalue weighted by atomic mass is 16.1. The molecular weight excluding hydrogens is 178 g/mol. The summed E-state index contributed by atoms with van der Waals surface area (Å²) in [7, 11) is 1.50. The van der Waals surface area contributed by atoms with E-state index in [1.54, 1.807) is 24.3 Å². The minimum Gasteiger partial charge on any atom is -0.333 e. The number of hydrogen-bond donors (Lipinski definition) is 1. The van der Waals surface area contributed by atoms with Crippen molar-refractivity contribution in [3.05, 3.63) is 35.4 Å². The monoisotopic (exact) mass is 193 g/mol. The van der Waals surface area contributed by atoms with Gasteiger partial charge in [-0.15, -0.1) is 0 Å². The second-order valence-electron chi connectivity index (χ2n) is 2.66. The third-order valence-electron chi connectivity index (χ3n) is 1.69. The van der Waals surface area contributed by atoms with Crippen LogP contribution in [0.4, 0.5) is 0 Å². The molecule has 0 aliphatic rings. The normalized spacial score (nSPS) is 8.57. The fourth-order valence-electron chi connectivity index (χ4n) is 1.10. The lowest BCUT2D eigenvalue weighted by Crippen LogP contribution is -2.02. The Morgan fingerprint density at radius 1 is 0.929 bits per heavy atom. The molecule has 0 heterocycles. The fourth-order valence-corrected chi connectivity index (χ4v) is 1.10. The van der Waals surface area contributed by atoms with Gasteiger partial charge in [-0.1, -0.05) is 24.3 Å². The molecule has 0 aromatic heterocycles. The average Bonchev–Trinajstić information content (AvgIpc) is 2.20. The Morgan fingerprint density at radius 3 is 1.43 bits per heavy atom. The van der Waals surface area contributed by atoms with E-state index in [9.17, 15) is 9.59 Å². The molecule has 0 spiro atoms. The van der Waals surface area contributed by atoms with Crippen molar-refractivity contribution in [2.45, 2.75) is 13.8 Å². The van der Waals surface area contributed by atoms with Crippen molar-refractivity contribution in [2.24, 2.45) is 5.73 Å². The van der Waals surface area contributed by atoms with Gasteiger partial charge in [0.25, 0.3) is 0 Å². The maximum absolute atomic E-state index is 11.0. The zero-order chi connectivity index (χ0) is 11.1. The van der Waals surface area contributed by atoms with Crippen LogP contribution in [-0.2, 0) is 0 Å². The van der Waals surface area contributed by atoms with E-state index in [-0.39, 0.29) is 11.6 Å². The van der Waals surface area contributed by atoms with Gasteiger partial charge in [-0.25, -0.2) is 0 Å². The quantitative estimate of drug-likeness (QED) is 0.727. The van der Waals surface area contributed by atoms with Crippen LogP contribution in [0.2, 0.25) is 0 Å². The van der Waals surface area contributed by atoms with E-state index in [4.69, 9.17) is 0 Å². The van der Waals surface area contributed by atoms with Crippen LogP contribution in [-0.4, -0.2) is 18.6 Å². The van der Waals surface area contributed by atoms with Gasteiger partial charge in [-0.05, 0) is 20.9 Å². The fraction of sp³-hybridized carbons (Fsp3) is 0.273. The summed E-state index contributed by atoms with van der Waals surface area (Å²) in [5, 5.41) is 0. The van der Waals surface area contributed by atoms with Gasteiger partial charge in [0.15, 0.2) is 11.6 Å². The second-order valence-corrected chi connectivity index (χ2v) is 2.66. The highest BCUT2D eigenvalue weighted by molar-refractivity contribution is 6.07. The van der Waals surface area contributed by atoms with Gasteiger partial charge in [0.05, 0.1) is 0 Å². The highest BCUT2D eigenvalue weighted by Gasteiger charge is 2.08. The molecule has 0 aliphatic heterocycles.